The van der Waals surface area contributed by atoms with Gasteiger partial charge in [0, 0.05) is 40.4 Å². The average molecular weight is 344 g/mol. The molecule has 0 unspecified atom stereocenters. The summed E-state index contributed by atoms with van der Waals surface area (Å²) in [6.45, 7) is 7.09. The van der Waals surface area contributed by atoms with Gasteiger partial charge in [0.15, 0.2) is 0 Å². The molecule has 1 saturated heterocycles. The number of hydrogen-bond acceptors (Lipinski definition) is 3. The van der Waals surface area contributed by atoms with Gasteiger partial charge in [0.05, 0.1) is 0 Å². The lowest BCUT2D eigenvalue weighted by atomic mass is 10.2. The minimum atomic E-state index is 0.523. The molecule has 1 heterocycles. The van der Waals surface area contributed by atoms with E-state index >= 15 is 0 Å². The lowest BCUT2D eigenvalue weighted by Gasteiger charge is -2.22. The Bertz CT molecular complexity index is 405. The molecule has 0 radical (unpaired) electrons. The van der Waals surface area contributed by atoms with Gasteiger partial charge in [-0.15, -0.1) is 11.8 Å². The number of nitrogens with one attached hydrogen (secondary N) is 1. The highest BCUT2D eigenvalue weighted by molar-refractivity contribution is 9.10. The van der Waals surface area contributed by atoms with Crippen LogP contribution < -0.4 is 5.32 Å². The molecule has 0 spiro atoms. The summed E-state index contributed by atoms with van der Waals surface area (Å²) in [4.78, 5) is 1.35. The van der Waals surface area contributed by atoms with Crippen molar-refractivity contribution < 1.29 is 4.74 Å². The van der Waals surface area contributed by atoms with Gasteiger partial charge in [-0.2, -0.15) is 0 Å². The fraction of sp³-hybridized carbons (Fsp3) is 0.600. The third kappa shape index (κ3) is 5.10. The van der Waals surface area contributed by atoms with Crippen molar-refractivity contribution in [3.8, 4) is 0 Å². The third-order valence-electron chi connectivity index (χ3n) is 3.17. The van der Waals surface area contributed by atoms with Crippen molar-refractivity contribution in [2.45, 2.75) is 49.4 Å². The van der Waals surface area contributed by atoms with Crippen LogP contribution in [0.2, 0.25) is 0 Å². The van der Waals surface area contributed by atoms with Gasteiger partial charge in [-0.25, -0.2) is 0 Å². The fourth-order valence-electron chi connectivity index (χ4n) is 2.05. The summed E-state index contributed by atoms with van der Waals surface area (Å²) in [5, 5.41) is 4.14. The van der Waals surface area contributed by atoms with Gasteiger partial charge >= 0.3 is 0 Å². The SMILES string of the molecule is CC(C)NCc1ccc(SC2CCOCC2)c(Br)c1. The van der Waals surface area contributed by atoms with Gasteiger partial charge in [0.1, 0.15) is 0 Å². The molecule has 0 bridgehead atoms. The summed E-state index contributed by atoms with van der Waals surface area (Å²) in [5.41, 5.74) is 1.33. The van der Waals surface area contributed by atoms with Gasteiger partial charge in [-0.05, 0) is 46.5 Å². The number of halogens is 1. The summed E-state index contributed by atoms with van der Waals surface area (Å²) >= 11 is 5.68. The van der Waals surface area contributed by atoms with Crippen molar-refractivity contribution >= 4 is 27.7 Å². The molecule has 0 atom stereocenters. The predicted octanol–water partition coefficient (Wildman–Crippen LogP) is 4.22. The van der Waals surface area contributed by atoms with E-state index in [9.17, 15) is 0 Å². The minimum absolute atomic E-state index is 0.523. The number of thioether (sulfide) groups is 1. The van der Waals surface area contributed by atoms with Crippen molar-refractivity contribution in [3.05, 3.63) is 28.2 Å². The van der Waals surface area contributed by atoms with E-state index in [0.29, 0.717) is 11.3 Å². The van der Waals surface area contributed by atoms with Gasteiger partial charge < -0.3 is 10.1 Å². The molecule has 1 aliphatic heterocycles. The molecule has 0 amide bonds. The second kappa shape index (κ2) is 7.67. The molecule has 1 N–H and O–H groups in total. The highest BCUT2D eigenvalue weighted by atomic mass is 79.9. The average Bonchev–Trinajstić information content (AvgIpc) is 2.40. The van der Waals surface area contributed by atoms with Gasteiger partial charge in [0.25, 0.3) is 0 Å². The molecule has 0 saturated carbocycles. The van der Waals surface area contributed by atoms with Crippen molar-refractivity contribution in [2.24, 2.45) is 0 Å². The summed E-state index contributed by atoms with van der Waals surface area (Å²) < 4.78 is 6.62. The van der Waals surface area contributed by atoms with E-state index in [1.165, 1.54) is 14.9 Å². The normalized spacial score (nSPS) is 17.1. The van der Waals surface area contributed by atoms with E-state index < -0.39 is 0 Å². The Labute approximate surface area is 128 Å². The van der Waals surface area contributed by atoms with Crippen molar-refractivity contribution in [1.29, 1.82) is 0 Å². The van der Waals surface area contributed by atoms with Gasteiger partial charge in [0.2, 0.25) is 0 Å². The maximum absolute atomic E-state index is 5.41. The first-order valence-corrected chi connectivity index (χ1v) is 8.58. The van der Waals surface area contributed by atoms with Gasteiger partial charge in [-0.3, -0.25) is 0 Å². The Morgan fingerprint density at radius 1 is 1.37 bits per heavy atom. The van der Waals surface area contributed by atoms with E-state index in [2.05, 4.69) is 53.3 Å². The molecule has 1 aliphatic rings. The molecule has 4 heteroatoms. The third-order valence-corrected chi connectivity index (χ3v) is 5.51. The second-order valence-electron chi connectivity index (χ2n) is 5.23. The molecule has 1 fully saturated rings. The van der Waals surface area contributed by atoms with Crippen LogP contribution in [0, 0.1) is 0 Å². The molecule has 1 aromatic rings. The molecular formula is C15H22BrNOS. The zero-order chi connectivity index (χ0) is 13.7. The van der Waals surface area contributed by atoms with E-state index in [1.54, 1.807) is 0 Å². The molecule has 0 aliphatic carbocycles. The summed E-state index contributed by atoms with van der Waals surface area (Å²) in [6.07, 6.45) is 2.32. The van der Waals surface area contributed by atoms with Crippen LogP contribution in [0.5, 0.6) is 0 Å². The zero-order valence-electron chi connectivity index (χ0n) is 11.6. The lowest BCUT2D eigenvalue weighted by molar-refractivity contribution is 0.100. The van der Waals surface area contributed by atoms with Crippen molar-refractivity contribution in [3.63, 3.8) is 0 Å². The second-order valence-corrected chi connectivity index (χ2v) is 7.43. The molecule has 2 rings (SSSR count). The first-order valence-electron chi connectivity index (χ1n) is 6.91. The maximum Gasteiger partial charge on any atom is 0.0476 e. The van der Waals surface area contributed by atoms with Gasteiger partial charge in [-0.1, -0.05) is 19.9 Å². The molecule has 0 aromatic heterocycles. The van der Waals surface area contributed by atoms with Crippen LogP contribution in [0.4, 0.5) is 0 Å². The van der Waals surface area contributed by atoms with E-state index in [4.69, 9.17) is 4.74 Å². The standard InChI is InChI=1S/C15H22BrNOS/c1-11(2)17-10-12-3-4-15(14(16)9-12)19-13-5-7-18-8-6-13/h3-4,9,11,13,17H,5-8,10H2,1-2H3. The number of rotatable bonds is 5. The molecule has 106 valence electrons. The van der Waals surface area contributed by atoms with E-state index in [0.717, 1.165) is 32.6 Å². The minimum Gasteiger partial charge on any atom is -0.381 e. The zero-order valence-corrected chi connectivity index (χ0v) is 14.0. The highest BCUT2D eigenvalue weighted by Gasteiger charge is 2.16. The molecule has 1 aromatic carbocycles. The summed E-state index contributed by atoms with van der Waals surface area (Å²) in [5.74, 6) is 0. The van der Waals surface area contributed by atoms with Crippen molar-refractivity contribution in [1.82, 2.24) is 5.32 Å². The van der Waals surface area contributed by atoms with Crippen LogP contribution in [-0.2, 0) is 11.3 Å². The van der Waals surface area contributed by atoms with Crippen LogP contribution in [0.25, 0.3) is 0 Å². The Morgan fingerprint density at radius 3 is 2.74 bits per heavy atom. The van der Waals surface area contributed by atoms with Crippen LogP contribution in [0.15, 0.2) is 27.6 Å². The summed E-state index contributed by atoms with van der Waals surface area (Å²) in [7, 11) is 0. The maximum atomic E-state index is 5.41. The Kier molecular flexibility index (Phi) is 6.20. The van der Waals surface area contributed by atoms with E-state index in [1.807, 2.05) is 11.8 Å². The Balaban J connectivity index is 1.94. The smallest absolute Gasteiger partial charge is 0.0476 e. The van der Waals surface area contributed by atoms with Crippen LogP contribution in [-0.4, -0.2) is 24.5 Å². The highest BCUT2D eigenvalue weighted by Crippen LogP contribution is 2.35. The summed E-state index contributed by atoms with van der Waals surface area (Å²) in [6, 6.07) is 7.22. The topological polar surface area (TPSA) is 21.3 Å². The largest absolute Gasteiger partial charge is 0.381 e. The van der Waals surface area contributed by atoms with Crippen LogP contribution >= 0.6 is 27.7 Å². The number of ether oxygens (including phenoxy) is 1. The number of benzene rings is 1. The monoisotopic (exact) mass is 343 g/mol. The Hall–Kier alpha value is -0.0300. The van der Waals surface area contributed by atoms with Crippen LogP contribution in [0.3, 0.4) is 0 Å². The first-order chi connectivity index (χ1) is 9.15. The van der Waals surface area contributed by atoms with Crippen LogP contribution in [0.1, 0.15) is 32.3 Å². The van der Waals surface area contributed by atoms with E-state index in [-0.39, 0.29) is 0 Å². The fourth-order valence-corrected chi connectivity index (χ4v) is 3.86. The number of hydrogen-bond donors (Lipinski definition) is 1. The first kappa shape index (κ1) is 15.4. The molecule has 19 heavy (non-hydrogen) atoms. The predicted molar refractivity (Wildman–Crippen MR) is 85.8 cm³/mol. The van der Waals surface area contributed by atoms with Crippen molar-refractivity contribution in [2.75, 3.05) is 13.2 Å². The Morgan fingerprint density at radius 2 is 2.11 bits per heavy atom. The quantitative estimate of drug-likeness (QED) is 0.864. The molecule has 2 nitrogen and oxygen atoms in total. The lowest BCUT2D eigenvalue weighted by Crippen LogP contribution is -2.21. The molecular weight excluding hydrogens is 322 g/mol.